The van der Waals surface area contributed by atoms with Crippen LogP contribution in [-0.4, -0.2) is 5.16 Å². The number of aryl methyl sites for hydroxylation is 2. The predicted molar refractivity (Wildman–Crippen MR) is 60.4 cm³/mol. The first kappa shape index (κ1) is 10.7. The van der Waals surface area contributed by atoms with Crippen molar-refractivity contribution in [3.05, 3.63) is 35.3 Å². The summed E-state index contributed by atoms with van der Waals surface area (Å²) in [6.07, 6.45) is 2.19. The second kappa shape index (κ2) is 3.96. The lowest BCUT2D eigenvalue weighted by Crippen LogP contribution is -1.94. The van der Waals surface area contributed by atoms with Gasteiger partial charge in [-0.15, -0.1) is 0 Å². The topological polar surface area (TPSA) is 52.0 Å². The van der Waals surface area contributed by atoms with E-state index in [0.29, 0.717) is 17.5 Å². The molecule has 0 saturated heterocycles. The van der Waals surface area contributed by atoms with Crippen LogP contribution in [0.4, 0.5) is 10.3 Å². The molecule has 0 amide bonds. The molecule has 3 nitrogen and oxygen atoms in total. The van der Waals surface area contributed by atoms with Gasteiger partial charge in [-0.2, -0.15) is 0 Å². The zero-order chi connectivity index (χ0) is 11.7. The molecule has 2 rings (SSSR count). The lowest BCUT2D eigenvalue weighted by molar-refractivity contribution is 0.436. The number of benzene rings is 1. The molecule has 0 aliphatic heterocycles. The van der Waals surface area contributed by atoms with Crippen molar-refractivity contribution in [2.75, 3.05) is 5.73 Å². The first-order valence-corrected chi connectivity index (χ1v) is 5.13. The lowest BCUT2D eigenvalue weighted by atomic mass is 9.98. The summed E-state index contributed by atoms with van der Waals surface area (Å²) in [5, 5.41) is 3.62. The number of hydrogen-bond donors (Lipinski definition) is 1. The van der Waals surface area contributed by atoms with Crippen molar-refractivity contribution in [1.82, 2.24) is 5.16 Å². The average molecular weight is 220 g/mol. The van der Waals surface area contributed by atoms with Gasteiger partial charge in [-0.1, -0.05) is 12.1 Å². The van der Waals surface area contributed by atoms with Gasteiger partial charge in [0.2, 0.25) is 5.88 Å². The Bertz CT molecular complexity index is 520. The fraction of sp³-hybridized carbons (Fsp3) is 0.250. The summed E-state index contributed by atoms with van der Waals surface area (Å²) in [4.78, 5) is 0. The van der Waals surface area contributed by atoms with E-state index in [2.05, 4.69) is 5.16 Å². The van der Waals surface area contributed by atoms with Crippen molar-refractivity contribution in [1.29, 1.82) is 0 Å². The van der Waals surface area contributed by atoms with E-state index in [1.54, 1.807) is 12.3 Å². The van der Waals surface area contributed by atoms with Crippen LogP contribution in [0.25, 0.3) is 11.1 Å². The molecule has 2 N–H and O–H groups in total. The second-order valence-electron chi connectivity index (χ2n) is 3.72. The van der Waals surface area contributed by atoms with Crippen molar-refractivity contribution in [2.24, 2.45) is 0 Å². The molecule has 2 aromatic rings. The van der Waals surface area contributed by atoms with Gasteiger partial charge >= 0.3 is 0 Å². The number of nitrogen functional groups attached to an aromatic ring is 1. The monoisotopic (exact) mass is 220 g/mol. The molecule has 0 fully saturated rings. The van der Waals surface area contributed by atoms with E-state index in [-0.39, 0.29) is 11.7 Å². The van der Waals surface area contributed by atoms with Crippen LogP contribution in [0.2, 0.25) is 0 Å². The first-order valence-electron chi connectivity index (χ1n) is 5.13. The van der Waals surface area contributed by atoms with Crippen LogP contribution in [0.5, 0.6) is 0 Å². The van der Waals surface area contributed by atoms with E-state index in [9.17, 15) is 4.39 Å². The summed E-state index contributed by atoms with van der Waals surface area (Å²) in [6.45, 7) is 3.75. The van der Waals surface area contributed by atoms with Gasteiger partial charge in [0.15, 0.2) is 0 Å². The number of anilines is 1. The highest BCUT2D eigenvalue weighted by Gasteiger charge is 2.12. The molecule has 0 aliphatic rings. The van der Waals surface area contributed by atoms with Crippen LogP contribution < -0.4 is 5.73 Å². The number of hydrogen-bond acceptors (Lipinski definition) is 3. The van der Waals surface area contributed by atoms with Gasteiger partial charge in [0.25, 0.3) is 0 Å². The minimum atomic E-state index is -0.182. The number of nitrogens with zero attached hydrogens (tertiary/aromatic N) is 1. The van der Waals surface area contributed by atoms with Gasteiger partial charge in [0.1, 0.15) is 5.82 Å². The Hall–Kier alpha value is -1.84. The summed E-state index contributed by atoms with van der Waals surface area (Å²) >= 11 is 0. The molecule has 1 heterocycles. The molecule has 84 valence electrons. The summed E-state index contributed by atoms with van der Waals surface area (Å²) in [7, 11) is 0. The van der Waals surface area contributed by atoms with Crippen molar-refractivity contribution in [2.45, 2.75) is 20.3 Å². The normalized spacial score (nSPS) is 10.7. The van der Waals surface area contributed by atoms with Gasteiger partial charge < -0.3 is 10.3 Å². The van der Waals surface area contributed by atoms with Gasteiger partial charge in [-0.05, 0) is 42.2 Å². The second-order valence-corrected chi connectivity index (χ2v) is 3.72. The molecular weight excluding hydrogens is 207 g/mol. The molecule has 0 saturated carbocycles. The molecule has 4 heteroatoms. The molecule has 0 atom stereocenters. The molecule has 0 aliphatic carbocycles. The summed E-state index contributed by atoms with van der Waals surface area (Å²) in [5.74, 6) is 0.0792. The number of halogens is 1. The fourth-order valence-electron chi connectivity index (χ4n) is 1.73. The predicted octanol–water partition coefficient (Wildman–Crippen LogP) is 2.93. The summed E-state index contributed by atoms with van der Waals surface area (Å²) in [5.41, 5.74) is 8.73. The minimum Gasteiger partial charge on any atom is -0.367 e. The highest BCUT2D eigenvalue weighted by molar-refractivity contribution is 5.75. The minimum absolute atomic E-state index is 0.182. The van der Waals surface area contributed by atoms with E-state index >= 15 is 0 Å². The molecule has 0 radical (unpaired) electrons. The van der Waals surface area contributed by atoms with Crippen LogP contribution in [0.1, 0.15) is 18.1 Å². The largest absolute Gasteiger partial charge is 0.367 e. The maximum Gasteiger partial charge on any atom is 0.229 e. The fourth-order valence-corrected chi connectivity index (χ4v) is 1.73. The molecule has 1 aromatic carbocycles. The Morgan fingerprint density at radius 1 is 1.38 bits per heavy atom. The standard InChI is InChI=1S/C12H13FN2O/c1-3-8-5-9(7(2)4-11(8)13)10-6-15-16-12(10)14/h4-6H,3,14H2,1-2H3. The first-order chi connectivity index (χ1) is 7.63. The molecule has 16 heavy (non-hydrogen) atoms. The van der Waals surface area contributed by atoms with Crippen molar-refractivity contribution < 1.29 is 8.91 Å². The highest BCUT2D eigenvalue weighted by Crippen LogP contribution is 2.30. The zero-order valence-corrected chi connectivity index (χ0v) is 9.25. The Labute approximate surface area is 93.1 Å². The SMILES string of the molecule is CCc1cc(-c2cnoc2N)c(C)cc1F. The van der Waals surface area contributed by atoms with Crippen LogP contribution in [0.15, 0.2) is 22.9 Å². The molecule has 0 unspecified atom stereocenters. The summed E-state index contributed by atoms with van der Waals surface area (Å²) < 4.78 is 18.3. The summed E-state index contributed by atoms with van der Waals surface area (Å²) in [6, 6.07) is 3.31. The van der Waals surface area contributed by atoms with Gasteiger partial charge in [-0.3, -0.25) is 0 Å². The quantitative estimate of drug-likeness (QED) is 0.846. The Morgan fingerprint density at radius 3 is 2.69 bits per heavy atom. The van der Waals surface area contributed by atoms with E-state index in [1.165, 1.54) is 6.07 Å². The molecule has 0 spiro atoms. The van der Waals surface area contributed by atoms with Crippen molar-refractivity contribution >= 4 is 5.88 Å². The zero-order valence-electron chi connectivity index (χ0n) is 9.25. The Balaban J connectivity index is 2.61. The van der Waals surface area contributed by atoms with Crippen molar-refractivity contribution in [3.8, 4) is 11.1 Å². The maximum absolute atomic E-state index is 13.5. The van der Waals surface area contributed by atoms with Crippen LogP contribution in [0, 0.1) is 12.7 Å². The van der Waals surface area contributed by atoms with Crippen LogP contribution >= 0.6 is 0 Å². The van der Waals surface area contributed by atoms with E-state index in [1.807, 2.05) is 13.8 Å². The third kappa shape index (κ3) is 1.66. The van der Waals surface area contributed by atoms with E-state index in [4.69, 9.17) is 10.3 Å². The lowest BCUT2D eigenvalue weighted by Gasteiger charge is -2.07. The van der Waals surface area contributed by atoms with Crippen LogP contribution in [-0.2, 0) is 6.42 Å². The average Bonchev–Trinajstić information content (AvgIpc) is 2.65. The number of aromatic nitrogens is 1. The smallest absolute Gasteiger partial charge is 0.229 e. The Morgan fingerprint density at radius 2 is 2.12 bits per heavy atom. The molecular formula is C12H13FN2O. The number of rotatable bonds is 2. The van der Waals surface area contributed by atoms with Gasteiger partial charge in [0.05, 0.1) is 11.8 Å². The van der Waals surface area contributed by atoms with E-state index in [0.717, 1.165) is 11.1 Å². The van der Waals surface area contributed by atoms with Gasteiger partial charge in [-0.25, -0.2) is 4.39 Å². The Kier molecular flexibility index (Phi) is 2.64. The third-order valence-corrected chi connectivity index (χ3v) is 2.66. The highest BCUT2D eigenvalue weighted by atomic mass is 19.1. The molecule has 1 aromatic heterocycles. The van der Waals surface area contributed by atoms with Gasteiger partial charge in [0, 0.05) is 0 Å². The molecule has 0 bridgehead atoms. The van der Waals surface area contributed by atoms with Crippen molar-refractivity contribution in [3.63, 3.8) is 0 Å². The number of nitrogens with two attached hydrogens (primary N) is 1. The van der Waals surface area contributed by atoms with Crippen LogP contribution in [0.3, 0.4) is 0 Å². The maximum atomic E-state index is 13.5. The third-order valence-electron chi connectivity index (χ3n) is 2.66. The van der Waals surface area contributed by atoms with E-state index < -0.39 is 0 Å².